The number of aliphatic carboxylic acids is 1. The highest BCUT2D eigenvalue weighted by Gasteiger charge is 2.16. The molecule has 0 fully saturated rings. The van der Waals surface area contributed by atoms with E-state index in [0.717, 1.165) is 6.07 Å². The van der Waals surface area contributed by atoms with Gasteiger partial charge in [-0.3, -0.25) is 4.79 Å². The van der Waals surface area contributed by atoms with Crippen LogP contribution in [0.3, 0.4) is 0 Å². The zero-order valence-electron chi connectivity index (χ0n) is 7.58. The number of hydrogen-bond acceptors (Lipinski definition) is 4. The van der Waals surface area contributed by atoms with Gasteiger partial charge in [0.1, 0.15) is 5.82 Å². The summed E-state index contributed by atoms with van der Waals surface area (Å²) in [5, 5.41) is 8.48. The van der Waals surface area contributed by atoms with Gasteiger partial charge in [0.05, 0.1) is 23.4 Å². The van der Waals surface area contributed by atoms with Crippen LogP contribution < -0.4 is 11.5 Å². The van der Waals surface area contributed by atoms with Crippen molar-refractivity contribution in [3.05, 3.63) is 17.3 Å². The van der Waals surface area contributed by atoms with Crippen LogP contribution in [0, 0.1) is 0 Å². The van der Waals surface area contributed by atoms with E-state index in [1.807, 2.05) is 0 Å². The Kier molecular flexibility index (Phi) is 3.03. The van der Waals surface area contributed by atoms with Gasteiger partial charge in [0, 0.05) is 0 Å². The summed E-state index contributed by atoms with van der Waals surface area (Å²) in [6.45, 7) is 0. The zero-order chi connectivity index (χ0) is 11.6. The molecule has 0 saturated carbocycles. The minimum absolute atomic E-state index is 0.00981. The monoisotopic (exact) mass is 217 g/mol. The molecule has 0 aliphatic heterocycles. The van der Waals surface area contributed by atoms with Gasteiger partial charge in [0.25, 0.3) is 6.43 Å². The molecule has 7 heteroatoms. The van der Waals surface area contributed by atoms with Crippen molar-refractivity contribution in [1.82, 2.24) is 4.98 Å². The molecule has 0 saturated heterocycles. The molecule has 0 aliphatic rings. The third kappa shape index (κ3) is 2.52. The van der Waals surface area contributed by atoms with Crippen molar-refractivity contribution >= 4 is 17.5 Å². The Morgan fingerprint density at radius 2 is 2.13 bits per heavy atom. The Morgan fingerprint density at radius 1 is 1.53 bits per heavy atom. The number of aromatic nitrogens is 1. The van der Waals surface area contributed by atoms with Crippen LogP contribution in [0.5, 0.6) is 0 Å². The molecular formula is C8H9F2N3O2. The molecule has 1 aromatic heterocycles. The van der Waals surface area contributed by atoms with Crippen molar-refractivity contribution < 1.29 is 18.7 Å². The van der Waals surface area contributed by atoms with E-state index in [-0.39, 0.29) is 11.4 Å². The fourth-order valence-corrected chi connectivity index (χ4v) is 1.06. The predicted octanol–water partition coefficient (Wildman–Crippen LogP) is 0.811. The molecule has 5 N–H and O–H groups in total. The molecule has 1 rings (SSSR count). The molecule has 0 bridgehead atoms. The maximum absolute atomic E-state index is 12.3. The second-order valence-electron chi connectivity index (χ2n) is 2.87. The predicted molar refractivity (Wildman–Crippen MR) is 49.4 cm³/mol. The van der Waals surface area contributed by atoms with Gasteiger partial charge in [-0.05, 0) is 6.07 Å². The summed E-state index contributed by atoms with van der Waals surface area (Å²) in [5.41, 5.74) is 10.00. The number of nitrogens with zero attached hydrogens (tertiary/aromatic N) is 1. The van der Waals surface area contributed by atoms with E-state index in [1.165, 1.54) is 0 Å². The summed E-state index contributed by atoms with van der Waals surface area (Å²) >= 11 is 0. The number of carboxylic acids is 1. The van der Waals surface area contributed by atoms with Crippen LogP contribution in [0.2, 0.25) is 0 Å². The van der Waals surface area contributed by atoms with Gasteiger partial charge in [-0.25, -0.2) is 13.8 Å². The highest BCUT2D eigenvalue weighted by atomic mass is 19.3. The maximum Gasteiger partial charge on any atom is 0.309 e. The average molecular weight is 217 g/mol. The number of anilines is 2. The van der Waals surface area contributed by atoms with Crippen LogP contribution in [0.25, 0.3) is 0 Å². The number of alkyl halides is 2. The number of carbonyl (C=O) groups is 1. The maximum atomic E-state index is 12.3. The number of halogens is 2. The van der Waals surface area contributed by atoms with E-state index in [4.69, 9.17) is 16.6 Å². The number of nitrogen functional groups attached to an aromatic ring is 2. The Labute approximate surface area is 83.7 Å². The van der Waals surface area contributed by atoms with Gasteiger partial charge in [-0.2, -0.15) is 0 Å². The Bertz CT molecular complexity index is 396. The van der Waals surface area contributed by atoms with Gasteiger partial charge < -0.3 is 16.6 Å². The molecule has 0 spiro atoms. The Morgan fingerprint density at radius 3 is 2.60 bits per heavy atom. The molecule has 0 aliphatic carbocycles. The fourth-order valence-electron chi connectivity index (χ4n) is 1.06. The molecule has 15 heavy (non-hydrogen) atoms. The van der Waals surface area contributed by atoms with E-state index >= 15 is 0 Å². The van der Waals surface area contributed by atoms with Crippen molar-refractivity contribution in [3.63, 3.8) is 0 Å². The fraction of sp³-hybridized carbons (Fsp3) is 0.250. The van der Waals surface area contributed by atoms with Crippen molar-refractivity contribution in [2.45, 2.75) is 12.8 Å². The first kappa shape index (κ1) is 11.2. The van der Waals surface area contributed by atoms with Gasteiger partial charge >= 0.3 is 5.97 Å². The molecule has 0 atom stereocenters. The van der Waals surface area contributed by atoms with Crippen LogP contribution in [0.15, 0.2) is 6.07 Å². The average Bonchev–Trinajstić information content (AvgIpc) is 2.09. The summed E-state index contributed by atoms with van der Waals surface area (Å²) in [4.78, 5) is 13.9. The highest BCUT2D eigenvalue weighted by molar-refractivity contribution is 5.72. The standard InChI is InChI=1S/C8H9F2N3O2/c9-7(10)3-1-4(11)5(2-6(14)15)13-8(3)12/h1,7H,2,11H2,(H2,12,13)(H,14,15). The van der Waals surface area contributed by atoms with Crippen molar-refractivity contribution in [1.29, 1.82) is 0 Å². The molecule has 0 unspecified atom stereocenters. The third-order valence-corrected chi connectivity index (χ3v) is 1.75. The lowest BCUT2D eigenvalue weighted by Crippen LogP contribution is -2.10. The van der Waals surface area contributed by atoms with E-state index in [9.17, 15) is 13.6 Å². The molecule has 1 aromatic rings. The number of pyridine rings is 1. The lowest BCUT2D eigenvalue weighted by Gasteiger charge is -2.08. The van der Waals surface area contributed by atoms with E-state index in [1.54, 1.807) is 0 Å². The summed E-state index contributed by atoms with van der Waals surface area (Å²) in [6, 6.07) is 0.950. The first-order valence-corrected chi connectivity index (χ1v) is 3.96. The lowest BCUT2D eigenvalue weighted by atomic mass is 10.1. The van der Waals surface area contributed by atoms with Crippen molar-refractivity contribution in [2.75, 3.05) is 11.5 Å². The third-order valence-electron chi connectivity index (χ3n) is 1.75. The summed E-state index contributed by atoms with van der Waals surface area (Å²) < 4.78 is 24.6. The topological polar surface area (TPSA) is 102 Å². The van der Waals surface area contributed by atoms with E-state index in [0.29, 0.717) is 0 Å². The van der Waals surface area contributed by atoms with Crippen LogP contribution in [0.1, 0.15) is 17.7 Å². The Balaban J connectivity index is 3.13. The van der Waals surface area contributed by atoms with Crippen molar-refractivity contribution in [3.8, 4) is 0 Å². The summed E-state index contributed by atoms with van der Waals surface area (Å²) in [5.74, 6) is -1.55. The van der Waals surface area contributed by atoms with Gasteiger partial charge in [0.15, 0.2) is 0 Å². The normalized spacial score (nSPS) is 10.6. The smallest absolute Gasteiger partial charge is 0.309 e. The van der Waals surface area contributed by atoms with Crippen LogP contribution in [0.4, 0.5) is 20.3 Å². The second-order valence-corrected chi connectivity index (χ2v) is 2.87. The Hall–Kier alpha value is -1.92. The van der Waals surface area contributed by atoms with Gasteiger partial charge in [-0.15, -0.1) is 0 Å². The molecule has 0 aromatic carbocycles. The highest BCUT2D eigenvalue weighted by Crippen LogP contribution is 2.27. The molecule has 0 radical (unpaired) electrons. The lowest BCUT2D eigenvalue weighted by molar-refractivity contribution is -0.136. The van der Waals surface area contributed by atoms with Crippen molar-refractivity contribution in [2.24, 2.45) is 0 Å². The first-order valence-electron chi connectivity index (χ1n) is 3.96. The van der Waals surface area contributed by atoms with E-state index < -0.39 is 30.2 Å². The van der Waals surface area contributed by atoms with Crippen LogP contribution in [-0.2, 0) is 11.2 Å². The molecule has 0 amide bonds. The van der Waals surface area contributed by atoms with Gasteiger partial charge in [-0.1, -0.05) is 0 Å². The zero-order valence-corrected chi connectivity index (χ0v) is 7.58. The molecular weight excluding hydrogens is 208 g/mol. The number of rotatable bonds is 3. The molecule has 82 valence electrons. The summed E-state index contributed by atoms with van der Waals surface area (Å²) in [6.07, 6.45) is -3.22. The number of hydrogen-bond donors (Lipinski definition) is 3. The second kappa shape index (κ2) is 4.07. The summed E-state index contributed by atoms with van der Waals surface area (Å²) in [7, 11) is 0. The quantitative estimate of drug-likeness (QED) is 0.695. The minimum atomic E-state index is -2.78. The van der Waals surface area contributed by atoms with E-state index in [2.05, 4.69) is 4.98 Å². The molecule has 1 heterocycles. The minimum Gasteiger partial charge on any atom is -0.481 e. The first-order chi connectivity index (χ1) is 6.91. The number of nitrogens with two attached hydrogens (primary N) is 2. The van der Waals surface area contributed by atoms with Crippen LogP contribution >= 0.6 is 0 Å². The number of carboxylic acid groups (broad SMARTS) is 1. The van der Waals surface area contributed by atoms with Gasteiger partial charge in [0.2, 0.25) is 0 Å². The SMILES string of the molecule is Nc1cc(C(F)F)c(N)nc1CC(=O)O. The largest absolute Gasteiger partial charge is 0.481 e. The van der Waals surface area contributed by atoms with Crippen LogP contribution in [-0.4, -0.2) is 16.1 Å². The molecule has 5 nitrogen and oxygen atoms in total.